The van der Waals surface area contributed by atoms with E-state index in [0.717, 1.165) is 16.6 Å². The molecule has 18 heavy (non-hydrogen) atoms. The molecule has 1 saturated heterocycles. The first-order valence-corrected chi connectivity index (χ1v) is 5.71. The molecule has 1 fully saturated rings. The first-order valence-electron chi connectivity index (χ1n) is 5.30. The number of carbonyl (C=O) groups is 1. The number of ether oxygens (including phenoxy) is 1. The molecule has 3 heterocycles. The van der Waals surface area contributed by atoms with Crippen molar-refractivity contribution in [3.63, 3.8) is 0 Å². The normalized spacial score (nSPS) is 17.8. The molecule has 2 aromatic rings. The van der Waals surface area contributed by atoms with E-state index >= 15 is 0 Å². The lowest BCUT2D eigenvalue weighted by atomic mass is 10.2. The first-order chi connectivity index (χ1) is 8.66. The number of carbonyl (C=O) groups excluding carboxylic acids is 1. The molecule has 0 atom stereocenters. The molecular formula is C12H9N3O2S. The summed E-state index contributed by atoms with van der Waals surface area (Å²) in [5, 5.41) is 1.10. The third kappa shape index (κ3) is 1.58. The summed E-state index contributed by atoms with van der Waals surface area (Å²) >= 11 is 4.91. The minimum absolute atomic E-state index is 0.171. The number of hydrogen-bond acceptors (Lipinski definition) is 4. The SMILES string of the molecule is CN1C(=O)C(=Cc2c[nH]c3ncccc23)OC1=S. The fraction of sp³-hybridized carbons (Fsp3) is 0.0833. The van der Waals surface area contributed by atoms with Crippen LogP contribution in [0, 0.1) is 0 Å². The van der Waals surface area contributed by atoms with Gasteiger partial charge in [-0.05, 0) is 30.4 Å². The average Bonchev–Trinajstić information content (AvgIpc) is 2.89. The van der Waals surface area contributed by atoms with Crippen molar-refractivity contribution in [3.8, 4) is 0 Å². The smallest absolute Gasteiger partial charge is 0.296 e. The summed E-state index contributed by atoms with van der Waals surface area (Å²) in [6, 6.07) is 3.76. The van der Waals surface area contributed by atoms with E-state index in [1.165, 1.54) is 4.90 Å². The van der Waals surface area contributed by atoms with Crippen molar-refractivity contribution in [2.45, 2.75) is 0 Å². The second-order valence-corrected chi connectivity index (χ2v) is 4.23. The third-order valence-electron chi connectivity index (χ3n) is 2.76. The van der Waals surface area contributed by atoms with Gasteiger partial charge in [-0.2, -0.15) is 0 Å². The quantitative estimate of drug-likeness (QED) is 0.625. The maximum absolute atomic E-state index is 11.8. The molecule has 0 aliphatic carbocycles. The van der Waals surface area contributed by atoms with Gasteiger partial charge >= 0.3 is 0 Å². The number of nitrogens with one attached hydrogen (secondary N) is 1. The summed E-state index contributed by atoms with van der Waals surface area (Å²) in [6.07, 6.45) is 5.15. The number of pyridine rings is 1. The monoisotopic (exact) mass is 259 g/mol. The maximum atomic E-state index is 11.8. The zero-order chi connectivity index (χ0) is 12.7. The molecule has 2 aromatic heterocycles. The topological polar surface area (TPSA) is 58.2 Å². The molecule has 1 N–H and O–H groups in total. The van der Waals surface area contributed by atoms with Crippen molar-refractivity contribution in [1.29, 1.82) is 0 Å². The third-order valence-corrected chi connectivity index (χ3v) is 3.11. The number of rotatable bonds is 1. The fourth-order valence-electron chi connectivity index (χ4n) is 1.78. The largest absolute Gasteiger partial charge is 0.426 e. The van der Waals surface area contributed by atoms with Crippen LogP contribution in [0.15, 0.2) is 30.3 Å². The zero-order valence-corrected chi connectivity index (χ0v) is 10.3. The van der Waals surface area contributed by atoms with Crippen LogP contribution in [0.1, 0.15) is 5.56 Å². The predicted molar refractivity (Wildman–Crippen MR) is 70.5 cm³/mol. The maximum Gasteiger partial charge on any atom is 0.296 e. The van der Waals surface area contributed by atoms with Crippen molar-refractivity contribution >= 4 is 40.4 Å². The number of aromatic nitrogens is 2. The van der Waals surface area contributed by atoms with E-state index in [4.69, 9.17) is 17.0 Å². The Kier molecular flexibility index (Phi) is 2.38. The standard InChI is InChI=1S/C12H9N3O2S/c1-15-11(16)9(17-12(15)18)5-7-6-14-10-8(7)3-2-4-13-10/h2-6H,1H3,(H,13,14). The lowest BCUT2D eigenvalue weighted by Crippen LogP contribution is -2.22. The Bertz CT molecular complexity index is 689. The molecule has 0 radical (unpaired) electrons. The second-order valence-electron chi connectivity index (χ2n) is 3.88. The number of nitrogens with zero attached hydrogens (tertiary/aromatic N) is 2. The van der Waals surface area contributed by atoms with Crippen molar-refractivity contribution in [2.75, 3.05) is 7.05 Å². The van der Waals surface area contributed by atoms with Crippen LogP contribution in [0.25, 0.3) is 17.1 Å². The average molecular weight is 259 g/mol. The molecule has 0 aromatic carbocycles. The molecular weight excluding hydrogens is 250 g/mol. The number of thiocarbonyl (C=S) groups is 1. The predicted octanol–water partition coefficient (Wildman–Crippen LogP) is 1.68. The van der Waals surface area contributed by atoms with Crippen LogP contribution < -0.4 is 0 Å². The summed E-state index contributed by atoms with van der Waals surface area (Å²) < 4.78 is 5.24. The van der Waals surface area contributed by atoms with Gasteiger partial charge in [0.2, 0.25) is 0 Å². The summed E-state index contributed by atoms with van der Waals surface area (Å²) in [6.45, 7) is 0. The van der Waals surface area contributed by atoms with E-state index in [1.54, 1.807) is 25.5 Å². The van der Waals surface area contributed by atoms with Gasteiger partial charge in [-0.3, -0.25) is 9.69 Å². The van der Waals surface area contributed by atoms with E-state index in [2.05, 4.69) is 9.97 Å². The van der Waals surface area contributed by atoms with Gasteiger partial charge in [0.1, 0.15) is 5.65 Å². The summed E-state index contributed by atoms with van der Waals surface area (Å²) in [5.74, 6) is -0.00880. The van der Waals surface area contributed by atoms with Crippen molar-refractivity contribution in [3.05, 3.63) is 35.8 Å². The Morgan fingerprint density at radius 3 is 3.11 bits per heavy atom. The Hall–Kier alpha value is -2.21. The van der Waals surface area contributed by atoms with E-state index in [9.17, 15) is 4.79 Å². The Balaban J connectivity index is 2.07. The lowest BCUT2D eigenvalue weighted by molar-refractivity contribution is -0.122. The molecule has 6 heteroatoms. The van der Waals surface area contributed by atoms with Crippen molar-refractivity contribution < 1.29 is 9.53 Å². The molecule has 0 saturated carbocycles. The van der Waals surface area contributed by atoms with Gasteiger partial charge in [-0.15, -0.1) is 0 Å². The van der Waals surface area contributed by atoms with Crippen molar-refractivity contribution in [1.82, 2.24) is 14.9 Å². The minimum Gasteiger partial charge on any atom is -0.426 e. The molecule has 0 bridgehead atoms. The number of hydrogen-bond donors (Lipinski definition) is 1. The Morgan fingerprint density at radius 2 is 2.39 bits per heavy atom. The molecule has 1 amide bonds. The van der Waals surface area contributed by atoms with E-state index in [0.29, 0.717) is 0 Å². The summed E-state index contributed by atoms with van der Waals surface area (Å²) in [7, 11) is 1.59. The highest BCUT2D eigenvalue weighted by Crippen LogP contribution is 2.22. The highest BCUT2D eigenvalue weighted by molar-refractivity contribution is 7.80. The minimum atomic E-state index is -0.238. The van der Waals surface area contributed by atoms with Gasteiger partial charge in [0, 0.05) is 30.4 Å². The summed E-state index contributed by atoms with van der Waals surface area (Å²) in [4.78, 5) is 20.3. The van der Waals surface area contributed by atoms with Gasteiger partial charge < -0.3 is 9.72 Å². The lowest BCUT2D eigenvalue weighted by Gasteiger charge is -1.99. The second kappa shape index (κ2) is 3.92. The zero-order valence-electron chi connectivity index (χ0n) is 9.51. The molecule has 0 unspecified atom stereocenters. The highest BCUT2D eigenvalue weighted by atomic mass is 32.1. The van der Waals surface area contributed by atoms with Crippen LogP contribution in [0.4, 0.5) is 0 Å². The van der Waals surface area contributed by atoms with E-state index in [1.807, 2.05) is 12.1 Å². The van der Waals surface area contributed by atoms with Gasteiger partial charge in [0.15, 0.2) is 5.76 Å². The molecule has 1 aliphatic heterocycles. The number of likely N-dealkylation sites (N-methyl/N-ethyl adjacent to an activating group) is 1. The molecule has 1 aliphatic rings. The molecule has 5 nitrogen and oxygen atoms in total. The van der Waals surface area contributed by atoms with Crippen LogP contribution in [-0.4, -0.2) is 33.0 Å². The number of amides is 1. The molecule has 0 spiro atoms. The van der Waals surface area contributed by atoms with Gasteiger partial charge in [0.25, 0.3) is 11.1 Å². The number of aromatic amines is 1. The van der Waals surface area contributed by atoms with Crippen LogP contribution in [0.2, 0.25) is 0 Å². The summed E-state index contributed by atoms with van der Waals surface area (Å²) in [5.41, 5.74) is 1.62. The molecule has 3 rings (SSSR count). The molecule has 90 valence electrons. The fourth-order valence-corrected chi connectivity index (χ4v) is 1.96. The van der Waals surface area contributed by atoms with Crippen LogP contribution in [0.5, 0.6) is 0 Å². The van der Waals surface area contributed by atoms with Gasteiger partial charge in [-0.1, -0.05) is 0 Å². The van der Waals surface area contributed by atoms with Crippen LogP contribution in [0.3, 0.4) is 0 Å². The van der Waals surface area contributed by atoms with E-state index in [-0.39, 0.29) is 16.8 Å². The number of H-pyrrole nitrogens is 1. The van der Waals surface area contributed by atoms with Gasteiger partial charge in [0.05, 0.1) is 0 Å². The van der Waals surface area contributed by atoms with E-state index < -0.39 is 0 Å². The van der Waals surface area contributed by atoms with Crippen molar-refractivity contribution in [2.24, 2.45) is 0 Å². The number of fused-ring (bicyclic) bond motifs is 1. The van der Waals surface area contributed by atoms with Gasteiger partial charge in [-0.25, -0.2) is 4.98 Å². The Morgan fingerprint density at radius 1 is 1.56 bits per heavy atom. The van der Waals surface area contributed by atoms with Crippen LogP contribution >= 0.6 is 12.2 Å². The highest BCUT2D eigenvalue weighted by Gasteiger charge is 2.30. The first kappa shape index (κ1) is 10.9. The van der Waals surface area contributed by atoms with Crippen LogP contribution in [-0.2, 0) is 9.53 Å². The Labute approximate surface area is 108 Å².